The van der Waals surface area contributed by atoms with Gasteiger partial charge in [0.25, 0.3) is 0 Å². The van der Waals surface area contributed by atoms with Crippen LogP contribution in [-0.4, -0.2) is 91.5 Å². The second-order valence-electron chi connectivity index (χ2n) is 9.62. The maximum absolute atomic E-state index is 12.0. The summed E-state index contributed by atoms with van der Waals surface area (Å²) in [5, 5.41) is 0. The standard InChI is InChI=1S/C23H36N4O6S/c1-17(2)31-23(28)27-9-7-20(8-10-27)32-18-3-5-19(6-4-18)33-22-16-24-21(15-25-22)26-11-13-34(29,30)14-12-26/h15-20H,3-14H2,1-2H3. The maximum Gasteiger partial charge on any atom is 0.410 e. The van der Waals surface area contributed by atoms with Crippen LogP contribution in [0.4, 0.5) is 10.6 Å². The molecule has 1 amide bonds. The van der Waals surface area contributed by atoms with Gasteiger partial charge in [-0.2, -0.15) is 0 Å². The second kappa shape index (κ2) is 11.1. The molecule has 11 heteroatoms. The Morgan fingerprint density at radius 3 is 2.12 bits per heavy atom. The fourth-order valence-electron chi connectivity index (χ4n) is 4.65. The highest BCUT2D eigenvalue weighted by Gasteiger charge is 2.29. The van der Waals surface area contributed by atoms with E-state index in [1.807, 2.05) is 18.7 Å². The van der Waals surface area contributed by atoms with E-state index in [0.29, 0.717) is 37.9 Å². The minimum absolute atomic E-state index is 0.0905. The summed E-state index contributed by atoms with van der Waals surface area (Å²) >= 11 is 0. The summed E-state index contributed by atoms with van der Waals surface area (Å²) < 4.78 is 40.8. The molecule has 1 aliphatic carbocycles. The SMILES string of the molecule is CC(C)OC(=O)N1CCC(OC2CCC(Oc3cnc(N4CCS(=O)(=O)CC4)cn3)CC2)CC1. The zero-order valence-corrected chi connectivity index (χ0v) is 20.9. The van der Waals surface area contributed by atoms with Crippen molar-refractivity contribution in [3.63, 3.8) is 0 Å². The Morgan fingerprint density at radius 1 is 0.912 bits per heavy atom. The van der Waals surface area contributed by atoms with Crippen LogP contribution in [0.15, 0.2) is 12.4 Å². The molecule has 0 unspecified atom stereocenters. The number of piperidine rings is 1. The molecule has 2 saturated heterocycles. The first kappa shape index (κ1) is 25.0. The quantitative estimate of drug-likeness (QED) is 0.586. The van der Waals surface area contributed by atoms with Crippen LogP contribution in [0.2, 0.25) is 0 Å². The summed E-state index contributed by atoms with van der Waals surface area (Å²) in [6, 6.07) is 0. The predicted molar refractivity (Wildman–Crippen MR) is 127 cm³/mol. The zero-order chi connectivity index (χ0) is 24.1. The van der Waals surface area contributed by atoms with Crippen molar-refractivity contribution in [2.75, 3.05) is 42.6 Å². The molecule has 10 nitrogen and oxygen atoms in total. The van der Waals surface area contributed by atoms with Crippen LogP contribution >= 0.6 is 0 Å². The molecule has 0 aromatic carbocycles. The van der Waals surface area contributed by atoms with Crippen LogP contribution in [0.5, 0.6) is 5.88 Å². The summed E-state index contributed by atoms with van der Waals surface area (Å²) in [6.07, 6.45) is 8.82. The summed E-state index contributed by atoms with van der Waals surface area (Å²) in [4.78, 5) is 24.6. The summed E-state index contributed by atoms with van der Waals surface area (Å²) in [5.41, 5.74) is 0. The fourth-order valence-corrected chi connectivity index (χ4v) is 5.86. The molecule has 0 spiro atoms. The van der Waals surface area contributed by atoms with Gasteiger partial charge in [0.1, 0.15) is 11.9 Å². The normalized spacial score (nSPS) is 25.9. The highest BCUT2D eigenvalue weighted by atomic mass is 32.2. The van der Waals surface area contributed by atoms with E-state index in [9.17, 15) is 13.2 Å². The second-order valence-corrected chi connectivity index (χ2v) is 11.9. The van der Waals surface area contributed by atoms with E-state index < -0.39 is 9.84 Å². The molecule has 1 saturated carbocycles. The van der Waals surface area contributed by atoms with Gasteiger partial charge in [0.05, 0.1) is 42.2 Å². The summed E-state index contributed by atoms with van der Waals surface area (Å²) in [7, 11) is -2.92. The molecule has 0 radical (unpaired) electrons. The number of rotatable bonds is 6. The number of likely N-dealkylation sites (tertiary alicyclic amines) is 1. The number of sulfone groups is 1. The average Bonchev–Trinajstić information content (AvgIpc) is 2.81. The van der Waals surface area contributed by atoms with Crippen LogP contribution in [0, 0.1) is 0 Å². The fraction of sp³-hybridized carbons (Fsp3) is 0.783. The van der Waals surface area contributed by atoms with E-state index in [1.165, 1.54) is 0 Å². The van der Waals surface area contributed by atoms with Crippen molar-refractivity contribution in [1.29, 1.82) is 0 Å². The topological polar surface area (TPSA) is 111 Å². The maximum atomic E-state index is 12.0. The Balaban J connectivity index is 1.15. The Labute approximate surface area is 201 Å². The van der Waals surface area contributed by atoms with E-state index in [0.717, 1.165) is 38.5 Å². The largest absolute Gasteiger partial charge is 0.473 e. The molecule has 2 aliphatic heterocycles. The molecule has 0 bridgehead atoms. The van der Waals surface area contributed by atoms with Gasteiger partial charge in [0, 0.05) is 26.2 Å². The van der Waals surface area contributed by atoms with Crippen molar-refractivity contribution in [3.8, 4) is 5.88 Å². The van der Waals surface area contributed by atoms with E-state index in [-0.39, 0.29) is 42.0 Å². The molecule has 0 N–H and O–H groups in total. The number of aromatic nitrogens is 2. The van der Waals surface area contributed by atoms with Crippen molar-refractivity contribution >= 4 is 21.7 Å². The number of nitrogens with zero attached hydrogens (tertiary/aromatic N) is 4. The molecular formula is C23H36N4O6S. The molecule has 1 aromatic rings. The monoisotopic (exact) mass is 496 g/mol. The Hall–Kier alpha value is -2.14. The number of anilines is 1. The van der Waals surface area contributed by atoms with E-state index in [1.54, 1.807) is 17.3 Å². The molecule has 3 heterocycles. The van der Waals surface area contributed by atoms with E-state index in [4.69, 9.17) is 14.2 Å². The lowest BCUT2D eigenvalue weighted by atomic mass is 9.94. The first-order valence-corrected chi connectivity index (χ1v) is 14.1. The number of hydrogen-bond donors (Lipinski definition) is 0. The minimum atomic E-state index is -2.92. The third-order valence-electron chi connectivity index (χ3n) is 6.61. The van der Waals surface area contributed by atoms with Crippen LogP contribution in [0.25, 0.3) is 0 Å². The predicted octanol–water partition coefficient (Wildman–Crippen LogP) is 2.43. The summed E-state index contributed by atoms with van der Waals surface area (Å²) in [6.45, 7) is 5.97. The Kier molecular flexibility index (Phi) is 8.13. The number of carbonyl (C=O) groups is 1. The molecule has 3 fully saturated rings. The van der Waals surface area contributed by atoms with Crippen molar-refractivity contribution < 1.29 is 27.4 Å². The zero-order valence-electron chi connectivity index (χ0n) is 20.1. The van der Waals surface area contributed by atoms with Crippen LogP contribution in [-0.2, 0) is 19.3 Å². The molecule has 4 rings (SSSR count). The Bertz CT molecular complexity index is 896. The highest BCUT2D eigenvalue weighted by Crippen LogP contribution is 2.28. The number of ether oxygens (including phenoxy) is 3. The van der Waals surface area contributed by atoms with Crippen molar-refractivity contribution in [1.82, 2.24) is 14.9 Å². The first-order chi connectivity index (χ1) is 16.3. The van der Waals surface area contributed by atoms with Crippen LogP contribution in [0.3, 0.4) is 0 Å². The van der Waals surface area contributed by atoms with Gasteiger partial charge < -0.3 is 24.0 Å². The Morgan fingerprint density at radius 2 is 1.53 bits per heavy atom. The van der Waals surface area contributed by atoms with Gasteiger partial charge in [0.15, 0.2) is 9.84 Å². The van der Waals surface area contributed by atoms with Crippen molar-refractivity contribution in [2.24, 2.45) is 0 Å². The third-order valence-corrected chi connectivity index (χ3v) is 8.22. The molecule has 0 atom stereocenters. The van der Waals surface area contributed by atoms with Gasteiger partial charge in [-0.1, -0.05) is 0 Å². The van der Waals surface area contributed by atoms with Gasteiger partial charge in [0.2, 0.25) is 5.88 Å². The first-order valence-electron chi connectivity index (χ1n) is 12.3. The third kappa shape index (κ3) is 6.94. The lowest BCUT2D eigenvalue weighted by molar-refractivity contribution is -0.0659. The molecule has 3 aliphatic rings. The summed E-state index contributed by atoms with van der Waals surface area (Å²) in [5.74, 6) is 1.49. The van der Waals surface area contributed by atoms with Crippen LogP contribution < -0.4 is 9.64 Å². The molecule has 34 heavy (non-hydrogen) atoms. The smallest absolute Gasteiger partial charge is 0.410 e. The van der Waals surface area contributed by atoms with Gasteiger partial charge in [-0.05, 0) is 52.4 Å². The van der Waals surface area contributed by atoms with Gasteiger partial charge in [-0.15, -0.1) is 0 Å². The number of carbonyl (C=O) groups excluding carboxylic acids is 1. The highest BCUT2D eigenvalue weighted by molar-refractivity contribution is 7.91. The molecular weight excluding hydrogens is 460 g/mol. The van der Waals surface area contributed by atoms with E-state index >= 15 is 0 Å². The lowest BCUT2D eigenvalue weighted by Gasteiger charge is -2.35. The van der Waals surface area contributed by atoms with Crippen molar-refractivity contribution in [3.05, 3.63) is 12.4 Å². The van der Waals surface area contributed by atoms with Gasteiger partial charge in [-0.25, -0.2) is 23.2 Å². The number of amides is 1. The lowest BCUT2D eigenvalue weighted by Crippen LogP contribution is -2.43. The van der Waals surface area contributed by atoms with Gasteiger partial charge >= 0.3 is 6.09 Å². The van der Waals surface area contributed by atoms with Crippen molar-refractivity contribution in [2.45, 2.75) is 76.8 Å². The van der Waals surface area contributed by atoms with Gasteiger partial charge in [-0.3, -0.25) is 0 Å². The molecule has 1 aromatic heterocycles. The average molecular weight is 497 g/mol. The number of hydrogen-bond acceptors (Lipinski definition) is 9. The minimum Gasteiger partial charge on any atom is -0.473 e. The molecule has 190 valence electrons. The van der Waals surface area contributed by atoms with E-state index in [2.05, 4.69) is 9.97 Å². The van der Waals surface area contributed by atoms with Crippen LogP contribution in [0.1, 0.15) is 52.4 Å².